The SMILES string of the molecule is N[C@@H]1CC2CCC1(N)CC2. The largest absolute Gasteiger partial charge is 0.326 e. The summed E-state index contributed by atoms with van der Waals surface area (Å²) in [6.07, 6.45) is 6.16. The highest BCUT2D eigenvalue weighted by Gasteiger charge is 2.42. The molecule has 0 radical (unpaired) electrons. The van der Waals surface area contributed by atoms with Crippen LogP contribution in [0.5, 0.6) is 0 Å². The molecule has 58 valence electrons. The van der Waals surface area contributed by atoms with Crippen molar-refractivity contribution < 1.29 is 0 Å². The van der Waals surface area contributed by atoms with Crippen molar-refractivity contribution in [1.29, 1.82) is 0 Å². The molecule has 0 aromatic carbocycles. The Kier molecular flexibility index (Phi) is 1.29. The minimum absolute atomic E-state index is 0.0226. The van der Waals surface area contributed by atoms with E-state index >= 15 is 0 Å². The minimum Gasteiger partial charge on any atom is -0.326 e. The number of hydrogen-bond acceptors (Lipinski definition) is 2. The van der Waals surface area contributed by atoms with Gasteiger partial charge in [-0.3, -0.25) is 0 Å². The lowest BCUT2D eigenvalue weighted by atomic mass is 9.64. The third-order valence-electron chi connectivity index (χ3n) is 3.36. The molecule has 3 aliphatic rings. The van der Waals surface area contributed by atoms with E-state index in [1.807, 2.05) is 0 Å². The smallest absolute Gasteiger partial charge is 0.0308 e. The Hall–Kier alpha value is -0.0800. The Bertz CT molecular complexity index is 136. The molecule has 10 heavy (non-hydrogen) atoms. The van der Waals surface area contributed by atoms with Crippen LogP contribution in [0.2, 0.25) is 0 Å². The molecule has 3 fully saturated rings. The highest BCUT2D eigenvalue weighted by molar-refractivity contribution is 5.03. The molecule has 2 nitrogen and oxygen atoms in total. The van der Waals surface area contributed by atoms with Crippen LogP contribution in [0.1, 0.15) is 32.1 Å². The zero-order valence-electron chi connectivity index (χ0n) is 6.34. The molecule has 0 saturated heterocycles. The van der Waals surface area contributed by atoms with Gasteiger partial charge in [0.15, 0.2) is 0 Å². The van der Waals surface area contributed by atoms with Crippen molar-refractivity contribution in [1.82, 2.24) is 0 Å². The van der Waals surface area contributed by atoms with Gasteiger partial charge in [0, 0.05) is 11.6 Å². The van der Waals surface area contributed by atoms with Crippen LogP contribution in [0.4, 0.5) is 0 Å². The quantitative estimate of drug-likeness (QED) is 0.518. The summed E-state index contributed by atoms with van der Waals surface area (Å²) in [5.74, 6) is 0.903. The Morgan fingerprint density at radius 2 is 1.80 bits per heavy atom. The summed E-state index contributed by atoms with van der Waals surface area (Å²) in [6.45, 7) is 0. The maximum atomic E-state index is 6.11. The van der Waals surface area contributed by atoms with Crippen molar-refractivity contribution in [3.8, 4) is 0 Å². The second-order valence-corrected chi connectivity index (χ2v) is 4.02. The van der Waals surface area contributed by atoms with Gasteiger partial charge in [-0.05, 0) is 38.0 Å². The van der Waals surface area contributed by atoms with Gasteiger partial charge in [0.2, 0.25) is 0 Å². The Morgan fingerprint density at radius 3 is 2.10 bits per heavy atom. The lowest BCUT2D eigenvalue weighted by molar-refractivity contribution is 0.114. The molecule has 0 aromatic heterocycles. The highest BCUT2D eigenvalue weighted by Crippen LogP contribution is 2.41. The molecule has 2 heteroatoms. The van der Waals surface area contributed by atoms with Crippen molar-refractivity contribution in [3.05, 3.63) is 0 Å². The zero-order valence-corrected chi connectivity index (χ0v) is 6.34. The zero-order chi connectivity index (χ0) is 7.19. The van der Waals surface area contributed by atoms with E-state index in [9.17, 15) is 0 Å². The van der Waals surface area contributed by atoms with Crippen LogP contribution in [0.3, 0.4) is 0 Å². The van der Waals surface area contributed by atoms with Crippen LogP contribution < -0.4 is 11.5 Å². The summed E-state index contributed by atoms with van der Waals surface area (Å²) in [4.78, 5) is 0. The van der Waals surface area contributed by atoms with Crippen molar-refractivity contribution in [2.75, 3.05) is 0 Å². The van der Waals surface area contributed by atoms with Gasteiger partial charge < -0.3 is 11.5 Å². The average Bonchev–Trinajstić information content (AvgIpc) is 1.92. The van der Waals surface area contributed by atoms with Gasteiger partial charge in [-0.25, -0.2) is 0 Å². The Labute approximate surface area is 62.0 Å². The maximum Gasteiger partial charge on any atom is 0.0308 e. The summed E-state index contributed by atoms with van der Waals surface area (Å²) in [5, 5.41) is 0. The van der Waals surface area contributed by atoms with Crippen LogP contribution in [0.15, 0.2) is 0 Å². The van der Waals surface area contributed by atoms with E-state index in [0.29, 0.717) is 6.04 Å². The van der Waals surface area contributed by atoms with Crippen molar-refractivity contribution in [2.24, 2.45) is 17.4 Å². The molecule has 1 atom stereocenters. The molecule has 0 amide bonds. The van der Waals surface area contributed by atoms with Crippen molar-refractivity contribution in [3.63, 3.8) is 0 Å². The molecular weight excluding hydrogens is 124 g/mol. The monoisotopic (exact) mass is 140 g/mol. The topological polar surface area (TPSA) is 52.0 Å². The number of rotatable bonds is 0. The number of hydrogen-bond donors (Lipinski definition) is 2. The predicted octanol–water partition coefficient (Wildman–Crippen LogP) is 0.605. The summed E-state index contributed by atoms with van der Waals surface area (Å²) >= 11 is 0. The summed E-state index contributed by atoms with van der Waals surface area (Å²) in [5.41, 5.74) is 12.1. The number of nitrogens with two attached hydrogens (primary N) is 2. The van der Waals surface area contributed by atoms with Gasteiger partial charge in [-0.1, -0.05) is 0 Å². The average molecular weight is 140 g/mol. The maximum absolute atomic E-state index is 6.11. The van der Waals surface area contributed by atoms with Crippen LogP contribution in [-0.2, 0) is 0 Å². The molecule has 0 spiro atoms. The summed E-state index contributed by atoms with van der Waals surface area (Å²) < 4.78 is 0. The third-order valence-corrected chi connectivity index (χ3v) is 3.36. The summed E-state index contributed by atoms with van der Waals surface area (Å²) in [7, 11) is 0. The fraction of sp³-hybridized carbons (Fsp3) is 1.00. The van der Waals surface area contributed by atoms with Crippen LogP contribution in [0, 0.1) is 5.92 Å². The molecule has 0 aromatic rings. The molecular formula is C8H16N2. The molecule has 0 heterocycles. The van der Waals surface area contributed by atoms with Crippen molar-refractivity contribution >= 4 is 0 Å². The predicted molar refractivity (Wildman–Crippen MR) is 41.5 cm³/mol. The standard InChI is InChI=1S/C8H16N2/c9-7-5-6-1-3-8(7,10)4-2-6/h6-7H,1-5,9-10H2/t6?,7-,8?/m1/s1. The van der Waals surface area contributed by atoms with Gasteiger partial charge in [-0.15, -0.1) is 0 Å². The van der Waals surface area contributed by atoms with Crippen LogP contribution in [0.25, 0.3) is 0 Å². The van der Waals surface area contributed by atoms with Crippen LogP contribution in [-0.4, -0.2) is 11.6 Å². The molecule has 2 bridgehead atoms. The molecule has 0 aliphatic heterocycles. The van der Waals surface area contributed by atoms with E-state index in [1.54, 1.807) is 0 Å². The third kappa shape index (κ3) is 0.789. The van der Waals surface area contributed by atoms with E-state index < -0.39 is 0 Å². The first-order valence-corrected chi connectivity index (χ1v) is 4.25. The first-order chi connectivity index (χ1) is 4.71. The van der Waals surface area contributed by atoms with Gasteiger partial charge in [0.05, 0.1) is 0 Å². The lowest BCUT2D eigenvalue weighted by Crippen LogP contribution is -2.61. The van der Waals surface area contributed by atoms with Gasteiger partial charge in [0.1, 0.15) is 0 Å². The second-order valence-electron chi connectivity index (χ2n) is 4.02. The molecule has 0 unspecified atom stereocenters. The highest BCUT2D eigenvalue weighted by atomic mass is 14.9. The van der Waals surface area contributed by atoms with Gasteiger partial charge >= 0.3 is 0 Å². The van der Waals surface area contributed by atoms with E-state index in [1.165, 1.54) is 32.1 Å². The fourth-order valence-electron chi connectivity index (χ4n) is 2.42. The minimum atomic E-state index is 0.0226. The first kappa shape index (κ1) is 6.62. The first-order valence-electron chi connectivity index (χ1n) is 4.25. The van der Waals surface area contributed by atoms with Crippen molar-refractivity contribution in [2.45, 2.75) is 43.7 Å². The number of fused-ring (bicyclic) bond motifs is 3. The lowest BCUT2D eigenvalue weighted by Gasteiger charge is -2.48. The van der Waals surface area contributed by atoms with E-state index in [4.69, 9.17) is 11.5 Å². The second kappa shape index (κ2) is 1.95. The van der Waals surface area contributed by atoms with Gasteiger partial charge in [0.25, 0.3) is 0 Å². The molecule has 3 rings (SSSR count). The summed E-state index contributed by atoms with van der Waals surface area (Å²) in [6, 6.07) is 0.292. The van der Waals surface area contributed by atoms with E-state index in [2.05, 4.69) is 0 Å². The fourth-order valence-corrected chi connectivity index (χ4v) is 2.42. The molecule has 4 N–H and O–H groups in total. The molecule has 3 aliphatic carbocycles. The normalized spacial score (nSPS) is 53.4. The Morgan fingerprint density at radius 1 is 1.20 bits per heavy atom. The Balaban J connectivity index is 2.17. The molecule has 3 saturated carbocycles. The van der Waals surface area contributed by atoms with Crippen LogP contribution >= 0.6 is 0 Å². The van der Waals surface area contributed by atoms with E-state index in [0.717, 1.165) is 5.92 Å². The van der Waals surface area contributed by atoms with E-state index in [-0.39, 0.29) is 5.54 Å². The van der Waals surface area contributed by atoms with Gasteiger partial charge in [-0.2, -0.15) is 0 Å².